The summed E-state index contributed by atoms with van der Waals surface area (Å²) in [7, 11) is 0. The molecule has 0 unspecified atom stereocenters. The lowest BCUT2D eigenvalue weighted by atomic mass is 9.89. The molecule has 0 aliphatic carbocycles. The summed E-state index contributed by atoms with van der Waals surface area (Å²) in [5, 5.41) is 6.23. The number of fused-ring (bicyclic) bond motifs is 1. The predicted octanol–water partition coefficient (Wildman–Crippen LogP) is 4.42. The van der Waals surface area contributed by atoms with E-state index in [-0.39, 0.29) is 5.91 Å². The molecule has 1 fully saturated rings. The van der Waals surface area contributed by atoms with Gasteiger partial charge >= 0.3 is 0 Å². The third-order valence-electron chi connectivity index (χ3n) is 5.61. The SMILES string of the molecule is O=C(c1ccn(-c2ccccc2Cl)n1)N1CCC(c2c[nH]c3ncccc23)CC1. The zero-order valence-corrected chi connectivity index (χ0v) is 16.5. The van der Waals surface area contributed by atoms with Crippen molar-refractivity contribution >= 4 is 28.5 Å². The fourth-order valence-electron chi connectivity index (χ4n) is 4.08. The smallest absolute Gasteiger partial charge is 0.274 e. The van der Waals surface area contributed by atoms with E-state index in [1.807, 2.05) is 35.2 Å². The number of halogens is 1. The molecule has 0 atom stereocenters. The molecule has 1 N–H and O–H groups in total. The van der Waals surface area contributed by atoms with E-state index in [0.717, 1.165) is 37.3 Å². The number of H-pyrrole nitrogens is 1. The van der Waals surface area contributed by atoms with E-state index in [9.17, 15) is 4.79 Å². The second-order valence-corrected chi connectivity index (χ2v) is 7.71. The maximum atomic E-state index is 12.9. The molecule has 7 heteroatoms. The Kier molecular flexibility index (Phi) is 4.56. The first-order chi connectivity index (χ1) is 14.2. The van der Waals surface area contributed by atoms with Crippen LogP contribution >= 0.6 is 11.6 Å². The molecule has 4 heterocycles. The molecule has 1 aliphatic rings. The number of aromatic nitrogens is 4. The molecular formula is C22H20ClN5O. The number of likely N-dealkylation sites (tertiary alicyclic amines) is 1. The maximum Gasteiger partial charge on any atom is 0.274 e. The molecule has 0 saturated carbocycles. The van der Waals surface area contributed by atoms with Crippen molar-refractivity contribution in [3.63, 3.8) is 0 Å². The van der Waals surface area contributed by atoms with Crippen molar-refractivity contribution in [3.8, 4) is 5.69 Å². The van der Waals surface area contributed by atoms with Crippen molar-refractivity contribution in [2.24, 2.45) is 0 Å². The third kappa shape index (κ3) is 3.29. The summed E-state index contributed by atoms with van der Waals surface area (Å²) in [6, 6.07) is 13.3. The Morgan fingerprint density at radius 1 is 1.10 bits per heavy atom. The standard InChI is InChI=1S/C22H20ClN5O/c23-18-5-1-2-6-20(18)28-13-9-19(26-28)22(29)27-11-7-15(8-12-27)17-14-25-21-16(17)4-3-10-24-21/h1-6,9-10,13-15H,7-8,11-12H2,(H,24,25). The normalized spacial score (nSPS) is 15.1. The van der Waals surface area contributed by atoms with Gasteiger partial charge in [0.05, 0.1) is 10.7 Å². The molecule has 0 radical (unpaired) electrons. The van der Waals surface area contributed by atoms with E-state index in [1.54, 1.807) is 23.1 Å². The van der Waals surface area contributed by atoms with Crippen molar-refractivity contribution in [2.45, 2.75) is 18.8 Å². The van der Waals surface area contributed by atoms with Gasteiger partial charge < -0.3 is 9.88 Å². The van der Waals surface area contributed by atoms with Crippen LogP contribution in [0.25, 0.3) is 16.7 Å². The molecule has 146 valence electrons. The first-order valence-electron chi connectivity index (χ1n) is 9.72. The van der Waals surface area contributed by atoms with Gasteiger partial charge in [-0.2, -0.15) is 5.10 Å². The van der Waals surface area contributed by atoms with E-state index < -0.39 is 0 Å². The molecule has 1 amide bonds. The summed E-state index contributed by atoms with van der Waals surface area (Å²) in [6.45, 7) is 1.44. The van der Waals surface area contributed by atoms with Crippen molar-refractivity contribution < 1.29 is 4.79 Å². The van der Waals surface area contributed by atoms with Crippen LogP contribution in [0.4, 0.5) is 0 Å². The van der Waals surface area contributed by atoms with Gasteiger partial charge in [0, 0.05) is 37.1 Å². The fraction of sp³-hybridized carbons (Fsp3) is 0.227. The Morgan fingerprint density at radius 3 is 2.76 bits per heavy atom. The first kappa shape index (κ1) is 17.9. The molecule has 1 saturated heterocycles. The van der Waals surface area contributed by atoms with Crippen LogP contribution in [-0.2, 0) is 0 Å². The van der Waals surface area contributed by atoms with Gasteiger partial charge in [0.1, 0.15) is 5.65 Å². The lowest BCUT2D eigenvalue weighted by molar-refractivity contribution is 0.0707. The summed E-state index contributed by atoms with van der Waals surface area (Å²) < 4.78 is 1.65. The Balaban J connectivity index is 1.29. The summed E-state index contributed by atoms with van der Waals surface area (Å²) >= 11 is 6.24. The summed E-state index contributed by atoms with van der Waals surface area (Å²) in [6.07, 6.45) is 7.49. The molecule has 6 nitrogen and oxygen atoms in total. The van der Waals surface area contributed by atoms with Crippen LogP contribution in [0.3, 0.4) is 0 Å². The molecule has 3 aromatic heterocycles. The summed E-state index contributed by atoms with van der Waals surface area (Å²) in [5.41, 5.74) is 3.42. The van der Waals surface area contributed by atoms with Crippen molar-refractivity contribution in [1.82, 2.24) is 24.6 Å². The Hall–Kier alpha value is -3.12. The van der Waals surface area contributed by atoms with Gasteiger partial charge in [-0.25, -0.2) is 9.67 Å². The lowest BCUT2D eigenvalue weighted by Gasteiger charge is -2.31. The van der Waals surface area contributed by atoms with E-state index in [2.05, 4.69) is 27.3 Å². The number of aromatic amines is 1. The summed E-state index contributed by atoms with van der Waals surface area (Å²) in [5.74, 6) is 0.396. The number of pyridine rings is 1. The second-order valence-electron chi connectivity index (χ2n) is 7.31. The average Bonchev–Trinajstić information content (AvgIpc) is 3.41. The number of benzene rings is 1. The minimum atomic E-state index is -0.0325. The van der Waals surface area contributed by atoms with Gasteiger partial charge in [0.25, 0.3) is 5.91 Å². The Bertz CT molecular complexity index is 1170. The van der Waals surface area contributed by atoms with Crippen LogP contribution in [0.5, 0.6) is 0 Å². The predicted molar refractivity (Wildman–Crippen MR) is 113 cm³/mol. The molecular weight excluding hydrogens is 386 g/mol. The highest BCUT2D eigenvalue weighted by atomic mass is 35.5. The van der Waals surface area contributed by atoms with Gasteiger partial charge in [-0.3, -0.25) is 4.79 Å². The highest BCUT2D eigenvalue weighted by Crippen LogP contribution is 2.33. The molecule has 1 aromatic carbocycles. The van der Waals surface area contributed by atoms with Gasteiger partial charge in [-0.05, 0) is 54.7 Å². The lowest BCUT2D eigenvalue weighted by Crippen LogP contribution is -2.38. The molecule has 29 heavy (non-hydrogen) atoms. The number of para-hydroxylation sites is 1. The van der Waals surface area contributed by atoms with E-state index in [4.69, 9.17) is 11.6 Å². The highest BCUT2D eigenvalue weighted by molar-refractivity contribution is 6.32. The van der Waals surface area contributed by atoms with Crippen molar-refractivity contribution in [1.29, 1.82) is 0 Å². The number of hydrogen-bond acceptors (Lipinski definition) is 3. The van der Waals surface area contributed by atoms with Crippen molar-refractivity contribution in [2.75, 3.05) is 13.1 Å². The largest absolute Gasteiger partial charge is 0.346 e. The fourth-order valence-corrected chi connectivity index (χ4v) is 4.30. The number of piperidine rings is 1. The molecule has 1 aliphatic heterocycles. The quantitative estimate of drug-likeness (QED) is 0.548. The van der Waals surface area contributed by atoms with E-state index in [0.29, 0.717) is 16.6 Å². The number of nitrogens with one attached hydrogen (secondary N) is 1. The van der Waals surface area contributed by atoms with Gasteiger partial charge in [-0.15, -0.1) is 0 Å². The zero-order valence-electron chi connectivity index (χ0n) is 15.8. The van der Waals surface area contributed by atoms with Crippen molar-refractivity contribution in [3.05, 3.63) is 77.3 Å². The number of carbonyl (C=O) groups excluding carboxylic acids is 1. The topological polar surface area (TPSA) is 66.8 Å². The first-order valence-corrected chi connectivity index (χ1v) is 10.1. The van der Waals surface area contributed by atoms with E-state index >= 15 is 0 Å². The molecule has 0 spiro atoms. The zero-order chi connectivity index (χ0) is 19.8. The van der Waals surface area contributed by atoms with Gasteiger partial charge in [0.2, 0.25) is 0 Å². The minimum absolute atomic E-state index is 0.0325. The van der Waals surface area contributed by atoms with Crippen LogP contribution in [0, 0.1) is 0 Å². The number of rotatable bonds is 3. The van der Waals surface area contributed by atoms with Crippen LogP contribution in [-0.4, -0.2) is 43.6 Å². The number of nitrogens with zero attached hydrogens (tertiary/aromatic N) is 4. The molecule has 0 bridgehead atoms. The van der Waals surface area contributed by atoms with Crippen LogP contribution in [0.2, 0.25) is 5.02 Å². The third-order valence-corrected chi connectivity index (χ3v) is 5.93. The van der Waals surface area contributed by atoms with Gasteiger partial charge in [-0.1, -0.05) is 23.7 Å². The number of amides is 1. The van der Waals surface area contributed by atoms with Crippen LogP contribution < -0.4 is 0 Å². The minimum Gasteiger partial charge on any atom is -0.346 e. The van der Waals surface area contributed by atoms with Crippen LogP contribution in [0.1, 0.15) is 34.8 Å². The maximum absolute atomic E-state index is 12.9. The van der Waals surface area contributed by atoms with Crippen LogP contribution in [0.15, 0.2) is 61.1 Å². The number of hydrogen-bond donors (Lipinski definition) is 1. The number of carbonyl (C=O) groups is 1. The molecule has 4 aromatic rings. The monoisotopic (exact) mass is 405 g/mol. The molecule has 5 rings (SSSR count). The Labute approximate surface area is 173 Å². The Morgan fingerprint density at radius 2 is 1.93 bits per heavy atom. The average molecular weight is 406 g/mol. The second kappa shape index (κ2) is 7.37. The summed E-state index contributed by atoms with van der Waals surface area (Å²) in [4.78, 5) is 22.5. The van der Waals surface area contributed by atoms with Gasteiger partial charge in [0.15, 0.2) is 5.69 Å². The highest BCUT2D eigenvalue weighted by Gasteiger charge is 2.27. The van der Waals surface area contributed by atoms with E-state index in [1.165, 1.54) is 10.9 Å².